The molecule has 1 saturated carbocycles. The van der Waals surface area contributed by atoms with Crippen molar-refractivity contribution in [3.05, 3.63) is 42.4 Å². The smallest absolute Gasteiger partial charge is 0.255 e. The number of aliphatic hydroxyl groups is 1. The van der Waals surface area contributed by atoms with E-state index in [1.807, 2.05) is 6.07 Å². The third kappa shape index (κ3) is 4.65. The first-order valence-electron chi connectivity index (χ1n) is 9.78. The Morgan fingerprint density at radius 1 is 1.33 bits per heavy atom. The molecular formula is C20H24FN7O2. The lowest BCUT2D eigenvalue weighted by molar-refractivity contribution is -0.00177. The second-order valence-corrected chi connectivity index (χ2v) is 7.94. The van der Waals surface area contributed by atoms with Crippen molar-refractivity contribution in [1.82, 2.24) is 24.9 Å². The van der Waals surface area contributed by atoms with E-state index in [4.69, 9.17) is 0 Å². The van der Waals surface area contributed by atoms with E-state index in [9.17, 15) is 14.3 Å². The number of halogens is 1. The van der Waals surface area contributed by atoms with Crippen molar-refractivity contribution in [3.63, 3.8) is 0 Å². The van der Waals surface area contributed by atoms with Crippen LogP contribution in [0.1, 0.15) is 37.0 Å². The van der Waals surface area contributed by atoms with Gasteiger partial charge in [0.15, 0.2) is 11.5 Å². The molecule has 0 unspecified atom stereocenters. The lowest BCUT2D eigenvalue weighted by atomic mass is 10.0. The molecule has 4 N–H and O–H groups in total. The molecule has 3 heterocycles. The van der Waals surface area contributed by atoms with E-state index < -0.39 is 17.7 Å². The normalized spacial score (nSPS) is 15.1. The maximum Gasteiger partial charge on any atom is 0.255 e. The number of fused-ring (bicyclic) bond motifs is 1. The number of carbonyl (C=O) groups is 1. The highest BCUT2D eigenvalue weighted by molar-refractivity contribution is 6.00. The average Bonchev–Trinajstić information content (AvgIpc) is 3.38. The van der Waals surface area contributed by atoms with Gasteiger partial charge in [0.05, 0.1) is 23.4 Å². The number of imidazole rings is 1. The number of nitrogens with zero attached hydrogens (tertiary/aromatic N) is 4. The van der Waals surface area contributed by atoms with Crippen LogP contribution in [-0.2, 0) is 0 Å². The van der Waals surface area contributed by atoms with Crippen LogP contribution in [0, 0.1) is 0 Å². The topological polar surface area (TPSA) is 116 Å². The summed E-state index contributed by atoms with van der Waals surface area (Å²) in [6.45, 7) is 2.43. The van der Waals surface area contributed by atoms with Crippen molar-refractivity contribution in [3.8, 4) is 0 Å². The summed E-state index contributed by atoms with van der Waals surface area (Å²) in [6.07, 6.45) is 5.31. The number of rotatable bonds is 8. The van der Waals surface area contributed by atoms with E-state index in [2.05, 4.69) is 31.0 Å². The zero-order valence-electron chi connectivity index (χ0n) is 16.8. The molecule has 1 amide bonds. The molecule has 3 aromatic rings. The summed E-state index contributed by atoms with van der Waals surface area (Å²) in [4.78, 5) is 21.1. The molecule has 0 aromatic carbocycles. The van der Waals surface area contributed by atoms with Crippen molar-refractivity contribution < 1.29 is 14.3 Å². The Morgan fingerprint density at radius 3 is 2.87 bits per heavy atom. The monoisotopic (exact) mass is 413 g/mol. The molecule has 158 valence electrons. The molecule has 10 heteroatoms. The van der Waals surface area contributed by atoms with Crippen LogP contribution in [-0.4, -0.2) is 55.0 Å². The Morgan fingerprint density at radius 2 is 2.13 bits per heavy atom. The van der Waals surface area contributed by atoms with Crippen LogP contribution >= 0.6 is 0 Å². The van der Waals surface area contributed by atoms with Crippen molar-refractivity contribution in [2.24, 2.45) is 0 Å². The third-order valence-corrected chi connectivity index (χ3v) is 4.81. The van der Waals surface area contributed by atoms with Gasteiger partial charge in [-0.25, -0.2) is 18.9 Å². The van der Waals surface area contributed by atoms with E-state index in [0.29, 0.717) is 28.9 Å². The van der Waals surface area contributed by atoms with Crippen LogP contribution in [0.15, 0.2) is 36.8 Å². The number of anilines is 3. The summed E-state index contributed by atoms with van der Waals surface area (Å²) in [5.74, 6) is 0.636. The van der Waals surface area contributed by atoms with Crippen LogP contribution in [0.3, 0.4) is 0 Å². The third-order valence-electron chi connectivity index (χ3n) is 4.81. The standard InChI is InChI=1S/C20H24FN7O2/c1-20(2,30)15(21)11-24-19(29)13-10-23-17(9-14(13)25-12-3-4-12)26-16-5-6-18-22-7-8-28(18)27-16/h5-10,12,15,30H,3-4,11H2,1-2H3,(H,24,29)(H2,23,25,26,27)/t15-/m1/s1. The Bertz CT molecular complexity index is 1060. The summed E-state index contributed by atoms with van der Waals surface area (Å²) in [5.41, 5.74) is 0.120. The predicted octanol–water partition coefficient (Wildman–Crippen LogP) is 2.28. The van der Waals surface area contributed by atoms with Gasteiger partial charge in [0.1, 0.15) is 12.0 Å². The summed E-state index contributed by atoms with van der Waals surface area (Å²) < 4.78 is 15.6. The number of amides is 1. The number of nitrogens with one attached hydrogen (secondary N) is 3. The first-order valence-corrected chi connectivity index (χ1v) is 9.78. The minimum Gasteiger partial charge on any atom is -0.387 e. The van der Waals surface area contributed by atoms with Gasteiger partial charge >= 0.3 is 0 Å². The number of carbonyl (C=O) groups excluding carboxylic acids is 1. The molecule has 0 spiro atoms. The molecule has 0 radical (unpaired) electrons. The highest BCUT2D eigenvalue weighted by Crippen LogP contribution is 2.28. The Hall–Kier alpha value is -3.27. The molecular weight excluding hydrogens is 389 g/mol. The van der Waals surface area contributed by atoms with Crippen molar-refractivity contribution in [2.75, 3.05) is 17.2 Å². The molecule has 0 bridgehead atoms. The number of hydrogen-bond donors (Lipinski definition) is 4. The Balaban J connectivity index is 1.51. The lowest BCUT2D eigenvalue weighted by Crippen LogP contribution is -2.42. The van der Waals surface area contributed by atoms with Crippen LogP contribution in [0.2, 0.25) is 0 Å². The molecule has 3 aromatic heterocycles. The van der Waals surface area contributed by atoms with Gasteiger partial charge in [-0.15, -0.1) is 5.10 Å². The zero-order chi connectivity index (χ0) is 21.3. The number of pyridine rings is 1. The minimum absolute atomic E-state index is 0.292. The second-order valence-electron chi connectivity index (χ2n) is 7.94. The van der Waals surface area contributed by atoms with E-state index in [1.165, 1.54) is 20.0 Å². The Labute approximate surface area is 172 Å². The molecule has 1 aliphatic rings. The summed E-state index contributed by atoms with van der Waals surface area (Å²) in [5, 5.41) is 23.1. The van der Waals surface area contributed by atoms with Gasteiger partial charge in [0.25, 0.3) is 5.91 Å². The molecule has 9 nitrogen and oxygen atoms in total. The predicted molar refractivity (Wildman–Crippen MR) is 111 cm³/mol. The number of hydrogen-bond acceptors (Lipinski definition) is 7. The first kappa shape index (κ1) is 20.0. The second kappa shape index (κ2) is 7.86. The van der Waals surface area contributed by atoms with Crippen LogP contribution < -0.4 is 16.0 Å². The molecule has 1 fully saturated rings. The van der Waals surface area contributed by atoms with Crippen LogP contribution in [0.5, 0.6) is 0 Å². The minimum atomic E-state index is -1.58. The molecule has 4 rings (SSSR count). The zero-order valence-corrected chi connectivity index (χ0v) is 16.8. The van der Waals surface area contributed by atoms with Gasteiger partial charge in [0, 0.05) is 30.7 Å². The van der Waals surface area contributed by atoms with Gasteiger partial charge in [-0.2, -0.15) is 0 Å². The highest BCUT2D eigenvalue weighted by Gasteiger charge is 2.28. The van der Waals surface area contributed by atoms with E-state index >= 15 is 0 Å². The lowest BCUT2D eigenvalue weighted by Gasteiger charge is -2.22. The number of aromatic nitrogens is 4. The van der Waals surface area contributed by atoms with E-state index in [-0.39, 0.29) is 6.54 Å². The quantitative estimate of drug-likeness (QED) is 0.448. The summed E-state index contributed by atoms with van der Waals surface area (Å²) >= 11 is 0. The van der Waals surface area contributed by atoms with Gasteiger partial charge in [-0.05, 0) is 38.8 Å². The molecule has 1 atom stereocenters. The van der Waals surface area contributed by atoms with Crippen molar-refractivity contribution in [2.45, 2.75) is 44.5 Å². The van der Waals surface area contributed by atoms with E-state index in [1.54, 1.807) is 29.0 Å². The molecule has 0 saturated heterocycles. The van der Waals surface area contributed by atoms with Crippen molar-refractivity contribution >= 4 is 28.9 Å². The molecule has 0 aliphatic heterocycles. The van der Waals surface area contributed by atoms with Crippen LogP contribution in [0.25, 0.3) is 5.65 Å². The molecule has 30 heavy (non-hydrogen) atoms. The summed E-state index contributed by atoms with van der Waals surface area (Å²) in [7, 11) is 0. The maximum absolute atomic E-state index is 14.0. The fourth-order valence-electron chi connectivity index (χ4n) is 2.81. The van der Waals surface area contributed by atoms with Crippen LogP contribution in [0.4, 0.5) is 21.7 Å². The average molecular weight is 413 g/mol. The van der Waals surface area contributed by atoms with Gasteiger partial charge in [-0.1, -0.05) is 0 Å². The fourth-order valence-corrected chi connectivity index (χ4v) is 2.81. The maximum atomic E-state index is 14.0. The molecule has 1 aliphatic carbocycles. The fraction of sp³-hybridized carbons (Fsp3) is 0.400. The Kier molecular flexibility index (Phi) is 5.25. The van der Waals surface area contributed by atoms with Gasteiger partial charge in [0.2, 0.25) is 0 Å². The first-order chi connectivity index (χ1) is 14.3. The summed E-state index contributed by atoms with van der Waals surface area (Å²) in [6, 6.07) is 5.65. The van der Waals surface area contributed by atoms with E-state index in [0.717, 1.165) is 18.5 Å². The van der Waals surface area contributed by atoms with Crippen molar-refractivity contribution in [1.29, 1.82) is 0 Å². The SMILES string of the molecule is CC(C)(O)[C@H](F)CNC(=O)c1cnc(Nc2ccc3nccn3n2)cc1NC1CC1. The largest absolute Gasteiger partial charge is 0.387 e. The van der Waals surface area contributed by atoms with Gasteiger partial charge in [-0.3, -0.25) is 4.79 Å². The highest BCUT2D eigenvalue weighted by atomic mass is 19.1. The number of alkyl halides is 1. The van der Waals surface area contributed by atoms with Gasteiger partial charge < -0.3 is 21.1 Å².